The van der Waals surface area contributed by atoms with Crippen molar-refractivity contribution in [2.75, 3.05) is 0 Å². The van der Waals surface area contributed by atoms with Gasteiger partial charge < -0.3 is 9.72 Å². The van der Waals surface area contributed by atoms with E-state index in [9.17, 15) is 4.39 Å². The van der Waals surface area contributed by atoms with Gasteiger partial charge in [-0.2, -0.15) is 0 Å². The van der Waals surface area contributed by atoms with Crippen molar-refractivity contribution in [3.8, 4) is 5.75 Å². The zero-order valence-electron chi connectivity index (χ0n) is 11.4. The average Bonchev–Trinajstić information content (AvgIpc) is 2.77. The Hall–Kier alpha value is -2.36. The molecule has 0 radical (unpaired) electrons. The number of H-pyrrole nitrogens is 1. The summed E-state index contributed by atoms with van der Waals surface area (Å²) in [4.78, 5) is 7.43. The number of aromatic amines is 1. The van der Waals surface area contributed by atoms with E-state index in [-0.39, 0.29) is 5.82 Å². The van der Waals surface area contributed by atoms with Gasteiger partial charge in [-0.05, 0) is 55.3 Å². The highest BCUT2D eigenvalue weighted by Crippen LogP contribution is 2.18. The smallest absolute Gasteiger partial charge is 0.146 e. The second kappa shape index (κ2) is 4.96. The monoisotopic (exact) mass is 270 g/mol. The second-order valence-electron chi connectivity index (χ2n) is 4.96. The van der Waals surface area contributed by atoms with Crippen molar-refractivity contribution in [3.63, 3.8) is 0 Å². The van der Waals surface area contributed by atoms with E-state index in [1.165, 1.54) is 12.1 Å². The van der Waals surface area contributed by atoms with Crippen LogP contribution in [0, 0.1) is 19.7 Å². The van der Waals surface area contributed by atoms with Gasteiger partial charge in [0.1, 0.15) is 24.0 Å². The number of ether oxygens (including phenoxy) is 1. The second-order valence-corrected chi connectivity index (χ2v) is 4.96. The number of benzene rings is 2. The molecule has 0 fully saturated rings. The van der Waals surface area contributed by atoms with Crippen LogP contribution in [-0.2, 0) is 6.61 Å². The standard InChI is InChI=1S/C16H15FN2O/c1-10-5-11(2)7-13(6-10)20-9-16-18-14-4-3-12(17)8-15(14)19-16/h3-8H,9H2,1-2H3,(H,18,19). The third-order valence-corrected chi connectivity index (χ3v) is 3.06. The first kappa shape index (κ1) is 12.7. The lowest BCUT2D eigenvalue weighted by atomic mass is 10.1. The lowest BCUT2D eigenvalue weighted by Gasteiger charge is -2.06. The summed E-state index contributed by atoms with van der Waals surface area (Å²) in [7, 11) is 0. The molecule has 0 unspecified atom stereocenters. The Balaban J connectivity index is 1.79. The predicted molar refractivity (Wildman–Crippen MR) is 76.3 cm³/mol. The van der Waals surface area contributed by atoms with E-state index in [4.69, 9.17) is 4.74 Å². The summed E-state index contributed by atoms with van der Waals surface area (Å²) in [6.45, 7) is 4.40. The van der Waals surface area contributed by atoms with Crippen molar-refractivity contribution in [3.05, 3.63) is 59.2 Å². The minimum atomic E-state index is -0.275. The molecule has 0 spiro atoms. The summed E-state index contributed by atoms with van der Waals surface area (Å²) in [5, 5.41) is 0. The molecule has 0 saturated carbocycles. The Labute approximate surface area is 116 Å². The topological polar surface area (TPSA) is 37.9 Å². The van der Waals surface area contributed by atoms with Gasteiger partial charge in [0.25, 0.3) is 0 Å². The number of nitrogens with zero attached hydrogens (tertiary/aromatic N) is 1. The van der Waals surface area contributed by atoms with Crippen LogP contribution in [-0.4, -0.2) is 9.97 Å². The maximum absolute atomic E-state index is 13.1. The van der Waals surface area contributed by atoms with Crippen LogP contribution in [0.25, 0.3) is 11.0 Å². The highest BCUT2D eigenvalue weighted by Gasteiger charge is 2.05. The predicted octanol–water partition coefficient (Wildman–Crippen LogP) is 3.90. The summed E-state index contributed by atoms with van der Waals surface area (Å²) in [5.74, 6) is 1.22. The third-order valence-electron chi connectivity index (χ3n) is 3.06. The zero-order valence-corrected chi connectivity index (χ0v) is 11.4. The summed E-state index contributed by atoms with van der Waals surface area (Å²) < 4.78 is 18.8. The first-order valence-corrected chi connectivity index (χ1v) is 6.45. The Morgan fingerprint density at radius 2 is 1.85 bits per heavy atom. The van der Waals surface area contributed by atoms with Crippen LogP contribution in [0.15, 0.2) is 36.4 Å². The fourth-order valence-corrected chi connectivity index (χ4v) is 2.27. The molecule has 0 aliphatic carbocycles. The molecule has 1 aromatic heterocycles. The highest BCUT2D eigenvalue weighted by molar-refractivity contribution is 5.74. The molecule has 1 heterocycles. The molecular weight excluding hydrogens is 255 g/mol. The first-order valence-electron chi connectivity index (χ1n) is 6.45. The maximum atomic E-state index is 13.1. The number of hydrogen-bond acceptors (Lipinski definition) is 2. The molecule has 0 amide bonds. The molecule has 0 aliphatic heterocycles. The quantitative estimate of drug-likeness (QED) is 0.783. The Kier molecular flexibility index (Phi) is 3.14. The molecular formula is C16H15FN2O. The normalized spacial score (nSPS) is 10.9. The lowest BCUT2D eigenvalue weighted by molar-refractivity contribution is 0.297. The van der Waals surface area contributed by atoms with Crippen molar-refractivity contribution in [2.45, 2.75) is 20.5 Å². The van der Waals surface area contributed by atoms with Crippen molar-refractivity contribution in [2.24, 2.45) is 0 Å². The average molecular weight is 270 g/mol. The van der Waals surface area contributed by atoms with Crippen LogP contribution < -0.4 is 4.74 Å². The van der Waals surface area contributed by atoms with Crippen LogP contribution in [0.4, 0.5) is 4.39 Å². The molecule has 4 heteroatoms. The van der Waals surface area contributed by atoms with E-state index in [1.54, 1.807) is 6.07 Å². The van der Waals surface area contributed by atoms with Crippen LogP contribution in [0.3, 0.4) is 0 Å². The van der Waals surface area contributed by atoms with Gasteiger partial charge in [0, 0.05) is 0 Å². The first-order chi connectivity index (χ1) is 9.60. The van der Waals surface area contributed by atoms with Crippen molar-refractivity contribution in [1.82, 2.24) is 9.97 Å². The molecule has 0 saturated heterocycles. The van der Waals surface area contributed by atoms with Crippen molar-refractivity contribution < 1.29 is 9.13 Å². The number of rotatable bonds is 3. The Morgan fingerprint density at radius 1 is 1.10 bits per heavy atom. The van der Waals surface area contributed by atoms with Gasteiger partial charge in [0.2, 0.25) is 0 Å². The van der Waals surface area contributed by atoms with Crippen LogP contribution in [0.5, 0.6) is 5.75 Å². The van der Waals surface area contributed by atoms with Gasteiger partial charge in [-0.1, -0.05) is 6.07 Å². The fraction of sp³-hybridized carbons (Fsp3) is 0.188. The summed E-state index contributed by atoms with van der Waals surface area (Å²) in [6.07, 6.45) is 0. The van der Waals surface area contributed by atoms with Gasteiger partial charge in [0.15, 0.2) is 0 Å². The van der Waals surface area contributed by atoms with Crippen LogP contribution >= 0.6 is 0 Å². The van der Waals surface area contributed by atoms with Gasteiger partial charge in [0.05, 0.1) is 11.0 Å². The molecule has 20 heavy (non-hydrogen) atoms. The lowest BCUT2D eigenvalue weighted by Crippen LogP contribution is -1.98. The number of aromatic nitrogens is 2. The van der Waals surface area contributed by atoms with Gasteiger partial charge in [-0.25, -0.2) is 9.37 Å². The number of nitrogens with one attached hydrogen (secondary N) is 1. The fourth-order valence-electron chi connectivity index (χ4n) is 2.27. The number of aryl methyl sites for hydroxylation is 2. The van der Waals surface area contributed by atoms with E-state index in [0.29, 0.717) is 17.9 Å². The molecule has 3 aromatic rings. The van der Waals surface area contributed by atoms with Crippen molar-refractivity contribution >= 4 is 11.0 Å². The van der Waals surface area contributed by atoms with Crippen LogP contribution in [0.1, 0.15) is 17.0 Å². The van der Waals surface area contributed by atoms with Crippen molar-refractivity contribution in [1.29, 1.82) is 0 Å². The summed E-state index contributed by atoms with van der Waals surface area (Å²) in [5.41, 5.74) is 3.74. The van der Waals surface area contributed by atoms with E-state index in [0.717, 1.165) is 22.4 Å². The largest absolute Gasteiger partial charge is 0.486 e. The molecule has 0 bridgehead atoms. The van der Waals surface area contributed by atoms with E-state index < -0.39 is 0 Å². The van der Waals surface area contributed by atoms with Gasteiger partial charge in [-0.15, -0.1) is 0 Å². The molecule has 3 rings (SSSR count). The Bertz CT molecular complexity index is 744. The van der Waals surface area contributed by atoms with Gasteiger partial charge in [-0.3, -0.25) is 0 Å². The number of imidazole rings is 1. The molecule has 0 atom stereocenters. The minimum Gasteiger partial charge on any atom is -0.486 e. The highest BCUT2D eigenvalue weighted by atomic mass is 19.1. The minimum absolute atomic E-state index is 0.275. The number of hydrogen-bond donors (Lipinski definition) is 1. The van der Waals surface area contributed by atoms with Gasteiger partial charge >= 0.3 is 0 Å². The van der Waals surface area contributed by atoms with Crippen LogP contribution in [0.2, 0.25) is 0 Å². The molecule has 1 N–H and O–H groups in total. The number of fused-ring (bicyclic) bond motifs is 1. The summed E-state index contributed by atoms with van der Waals surface area (Å²) in [6, 6.07) is 10.5. The SMILES string of the molecule is Cc1cc(C)cc(OCc2nc3ccc(F)cc3[nH]2)c1. The molecule has 2 aromatic carbocycles. The van der Waals surface area contributed by atoms with E-state index in [2.05, 4.69) is 16.0 Å². The zero-order chi connectivity index (χ0) is 14.1. The van der Waals surface area contributed by atoms with E-state index in [1.807, 2.05) is 26.0 Å². The third kappa shape index (κ3) is 2.64. The molecule has 102 valence electrons. The van der Waals surface area contributed by atoms with E-state index >= 15 is 0 Å². The number of halogens is 1. The summed E-state index contributed by atoms with van der Waals surface area (Å²) >= 11 is 0. The Morgan fingerprint density at radius 3 is 2.60 bits per heavy atom. The molecule has 0 aliphatic rings. The maximum Gasteiger partial charge on any atom is 0.146 e. The molecule has 3 nitrogen and oxygen atoms in total.